The molecule has 1 amide bonds. The van der Waals surface area contributed by atoms with Crippen LogP contribution in [-0.4, -0.2) is 19.3 Å². The number of fused-ring (bicyclic) bond motifs is 1. The molecule has 2 aromatic carbocycles. The molecule has 0 aliphatic heterocycles. The second-order valence-corrected chi connectivity index (χ2v) is 8.93. The number of rotatable bonds is 4. The lowest BCUT2D eigenvalue weighted by molar-refractivity contribution is 0.0981. The van der Waals surface area contributed by atoms with Gasteiger partial charge in [-0.3, -0.25) is 4.79 Å². The fraction of sp³-hybridized carbons (Fsp3) is 0.250. The van der Waals surface area contributed by atoms with Crippen molar-refractivity contribution in [2.75, 3.05) is 0 Å². The maximum atomic E-state index is 12.6. The van der Waals surface area contributed by atoms with Crippen LogP contribution >= 0.6 is 11.6 Å². The number of aromatic nitrogens is 1. The number of hydrogen-bond donors (Lipinski definition) is 2. The van der Waals surface area contributed by atoms with Crippen LogP contribution in [0.1, 0.15) is 46.9 Å². The average molecular weight is 405 g/mol. The van der Waals surface area contributed by atoms with Gasteiger partial charge in [0.15, 0.2) is 0 Å². The van der Waals surface area contributed by atoms with E-state index in [0.29, 0.717) is 10.6 Å². The number of hydrogen-bond acceptors (Lipinski definition) is 3. The van der Waals surface area contributed by atoms with Gasteiger partial charge in [0, 0.05) is 27.2 Å². The minimum atomic E-state index is -4.03. The molecule has 0 saturated carbocycles. The van der Waals surface area contributed by atoms with Crippen LogP contribution in [0.3, 0.4) is 0 Å². The van der Waals surface area contributed by atoms with Crippen LogP contribution in [0.4, 0.5) is 0 Å². The summed E-state index contributed by atoms with van der Waals surface area (Å²) in [5.74, 6) is -0.403. The van der Waals surface area contributed by atoms with Gasteiger partial charge in [0.2, 0.25) is 0 Å². The smallest absolute Gasteiger partial charge is 0.265 e. The summed E-state index contributed by atoms with van der Waals surface area (Å²) in [7, 11) is -4.03. The van der Waals surface area contributed by atoms with E-state index in [-0.39, 0.29) is 16.4 Å². The first kappa shape index (κ1) is 19.5. The Morgan fingerprint density at radius 3 is 2.52 bits per heavy atom. The van der Waals surface area contributed by atoms with E-state index in [0.717, 1.165) is 22.2 Å². The minimum absolute atomic E-state index is 0.00946. The second kappa shape index (κ2) is 7.02. The molecule has 0 spiro atoms. The van der Waals surface area contributed by atoms with Crippen molar-refractivity contribution in [2.45, 2.75) is 38.5 Å². The summed E-state index contributed by atoms with van der Waals surface area (Å²) in [6, 6.07) is 9.69. The summed E-state index contributed by atoms with van der Waals surface area (Å²) in [6.07, 6.45) is 0. The van der Waals surface area contributed by atoms with E-state index in [9.17, 15) is 13.2 Å². The molecule has 3 aromatic rings. The van der Waals surface area contributed by atoms with Gasteiger partial charge in [-0.25, -0.2) is 13.1 Å². The third-order valence-electron chi connectivity index (χ3n) is 4.61. The van der Waals surface area contributed by atoms with Crippen molar-refractivity contribution < 1.29 is 13.2 Å². The Bertz CT molecular complexity index is 1150. The highest BCUT2D eigenvalue weighted by Gasteiger charge is 2.22. The Hall–Kier alpha value is -2.31. The summed E-state index contributed by atoms with van der Waals surface area (Å²) in [4.78, 5) is 15.9. The standard InChI is InChI=1S/C20H21ClN2O3S/c1-11(2)19-13(4)22-17-9-8-14(10-15(17)19)20(24)23-27(25,26)18-7-5-6-16(21)12(18)3/h5-11,22H,1-4H3,(H,23,24). The maximum absolute atomic E-state index is 12.6. The number of aryl methyl sites for hydroxylation is 1. The molecule has 0 saturated heterocycles. The lowest BCUT2D eigenvalue weighted by Gasteiger charge is -2.11. The summed E-state index contributed by atoms with van der Waals surface area (Å²) < 4.78 is 27.4. The number of aromatic amines is 1. The maximum Gasteiger partial charge on any atom is 0.265 e. The fourth-order valence-corrected chi connectivity index (χ4v) is 4.82. The Balaban J connectivity index is 1.99. The van der Waals surface area contributed by atoms with Crippen molar-refractivity contribution in [3.05, 3.63) is 63.8 Å². The number of sulfonamides is 1. The molecule has 7 heteroatoms. The van der Waals surface area contributed by atoms with E-state index < -0.39 is 15.9 Å². The lowest BCUT2D eigenvalue weighted by Crippen LogP contribution is -2.31. The molecule has 1 heterocycles. The van der Waals surface area contributed by atoms with E-state index in [1.165, 1.54) is 12.1 Å². The Labute approximate surface area is 163 Å². The average Bonchev–Trinajstić information content (AvgIpc) is 2.91. The van der Waals surface area contributed by atoms with Crippen LogP contribution in [-0.2, 0) is 10.0 Å². The van der Waals surface area contributed by atoms with E-state index in [1.54, 1.807) is 31.2 Å². The van der Waals surface area contributed by atoms with Crippen LogP contribution < -0.4 is 4.72 Å². The molecule has 1 aromatic heterocycles. The predicted octanol–water partition coefficient (Wildman–Crippen LogP) is 4.68. The van der Waals surface area contributed by atoms with Gasteiger partial charge in [0.1, 0.15) is 0 Å². The van der Waals surface area contributed by atoms with E-state index >= 15 is 0 Å². The molecule has 2 N–H and O–H groups in total. The lowest BCUT2D eigenvalue weighted by atomic mass is 9.98. The van der Waals surface area contributed by atoms with Gasteiger partial charge in [0.25, 0.3) is 15.9 Å². The molecular weight excluding hydrogens is 384 g/mol. The Kier molecular flexibility index (Phi) is 5.06. The van der Waals surface area contributed by atoms with Crippen LogP contribution in [0.25, 0.3) is 10.9 Å². The number of carbonyl (C=O) groups is 1. The van der Waals surface area contributed by atoms with Gasteiger partial charge in [-0.2, -0.15) is 0 Å². The van der Waals surface area contributed by atoms with Crippen LogP contribution in [0, 0.1) is 13.8 Å². The van der Waals surface area contributed by atoms with Gasteiger partial charge < -0.3 is 4.98 Å². The largest absolute Gasteiger partial charge is 0.358 e. The normalized spacial score (nSPS) is 11.9. The van der Waals surface area contributed by atoms with Gasteiger partial charge in [-0.1, -0.05) is 31.5 Å². The van der Waals surface area contributed by atoms with Crippen molar-refractivity contribution in [3.63, 3.8) is 0 Å². The number of nitrogens with one attached hydrogen (secondary N) is 2. The van der Waals surface area contributed by atoms with Gasteiger partial charge in [-0.15, -0.1) is 0 Å². The number of carbonyl (C=O) groups excluding carboxylic acids is 1. The third kappa shape index (κ3) is 3.59. The van der Waals surface area contributed by atoms with Crippen LogP contribution in [0.5, 0.6) is 0 Å². The molecule has 0 bridgehead atoms. The first-order chi connectivity index (χ1) is 12.6. The third-order valence-corrected chi connectivity index (χ3v) is 6.49. The molecule has 0 unspecified atom stereocenters. The molecule has 0 radical (unpaired) electrons. The zero-order chi connectivity index (χ0) is 19.9. The molecule has 27 heavy (non-hydrogen) atoms. The first-order valence-electron chi connectivity index (χ1n) is 8.56. The minimum Gasteiger partial charge on any atom is -0.358 e. The molecular formula is C20H21ClN2O3S. The van der Waals surface area contributed by atoms with Gasteiger partial charge in [0.05, 0.1) is 4.90 Å². The summed E-state index contributed by atoms with van der Waals surface area (Å²) in [6.45, 7) is 7.75. The zero-order valence-electron chi connectivity index (χ0n) is 15.6. The molecule has 0 aliphatic carbocycles. The van der Waals surface area contributed by atoms with Crippen molar-refractivity contribution in [2.24, 2.45) is 0 Å². The number of H-pyrrole nitrogens is 1. The highest BCUT2D eigenvalue weighted by atomic mass is 35.5. The summed E-state index contributed by atoms with van der Waals surface area (Å²) in [5.41, 5.74) is 3.76. The Morgan fingerprint density at radius 2 is 1.85 bits per heavy atom. The van der Waals surface area contributed by atoms with E-state index in [4.69, 9.17) is 11.6 Å². The summed E-state index contributed by atoms with van der Waals surface area (Å²) >= 11 is 6.01. The Morgan fingerprint density at radius 1 is 1.15 bits per heavy atom. The highest BCUT2D eigenvalue weighted by molar-refractivity contribution is 7.90. The highest BCUT2D eigenvalue weighted by Crippen LogP contribution is 2.29. The molecule has 0 atom stereocenters. The predicted molar refractivity (Wildman–Crippen MR) is 108 cm³/mol. The van der Waals surface area contributed by atoms with E-state index in [2.05, 4.69) is 23.6 Å². The molecule has 142 valence electrons. The molecule has 0 fully saturated rings. The second-order valence-electron chi connectivity index (χ2n) is 6.88. The van der Waals surface area contributed by atoms with Crippen LogP contribution in [0.15, 0.2) is 41.3 Å². The number of benzene rings is 2. The van der Waals surface area contributed by atoms with Crippen molar-refractivity contribution >= 4 is 38.4 Å². The topological polar surface area (TPSA) is 79.0 Å². The van der Waals surface area contributed by atoms with Crippen molar-refractivity contribution in [1.82, 2.24) is 9.71 Å². The number of halogens is 1. The van der Waals surface area contributed by atoms with Crippen molar-refractivity contribution in [1.29, 1.82) is 0 Å². The van der Waals surface area contributed by atoms with Gasteiger partial charge >= 0.3 is 0 Å². The van der Waals surface area contributed by atoms with Crippen LogP contribution in [0.2, 0.25) is 5.02 Å². The van der Waals surface area contributed by atoms with E-state index in [1.807, 2.05) is 6.92 Å². The number of amides is 1. The molecule has 0 aliphatic rings. The first-order valence-corrected chi connectivity index (χ1v) is 10.4. The van der Waals surface area contributed by atoms with Gasteiger partial charge in [-0.05, 0) is 61.2 Å². The quantitative estimate of drug-likeness (QED) is 0.662. The fourth-order valence-electron chi connectivity index (χ4n) is 3.35. The monoisotopic (exact) mass is 404 g/mol. The van der Waals surface area contributed by atoms with Crippen molar-refractivity contribution in [3.8, 4) is 0 Å². The molecule has 5 nitrogen and oxygen atoms in total. The SMILES string of the molecule is Cc1[nH]c2ccc(C(=O)NS(=O)(=O)c3cccc(Cl)c3C)cc2c1C(C)C. The zero-order valence-corrected chi connectivity index (χ0v) is 17.1. The summed E-state index contributed by atoms with van der Waals surface area (Å²) in [5, 5.41) is 1.25. The molecule has 3 rings (SSSR count).